The van der Waals surface area contributed by atoms with Gasteiger partial charge in [0.1, 0.15) is 0 Å². The molecule has 0 spiro atoms. The van der Waals surface area contributed by atoms with Crippen LogP contribution >= 0.6 is 11.8 Å². The third kappa shape index (κ3) is 4.57. The smallest absolute Gasteiger partial charge is 0.172 e. The first kappa shape index (κ1) is 13.7. The van der Waals surface area contributed by atoms with Gasteiger partial charge in [-0.3, -0.25) is 4.79 Å². The predicted molar refractivity (Wildman–Crippen MR) is 65.9 cm³/mol. The van der Waals surface area contributed by atoms with E-state index < -0.39 is 6.10 Å². The van der Waals surface area contributed by atoms with Gasteiger partial charge in [0.2, 0.25) is 0 Å². The highest BCUT2D eigenvalue weighted by molar-refractivity contribution is 8.00. The van der Waals surface area contributed by atoms with Crippen molar-refractivity contribution >= 4 is 17.5 Å². The van der Waals surface area contributed by atoms with E-state index in [4.69, 9.17) is 15.5 Å². The average molecular weight is 251 g/mol. The van der Waals surface area contributed by atoms with Crippen LogP contribution in [0.1, 0.15) is 15.9 Å². The molecule has 1 rings (SSSR count). The maximum absolute atomic E-state index is 11.7. The van der Waals surface area contributed by atoms with E-state index in [1.807, 2.05) is 6.07 Å². The van der Waals surface area contributed by atoms with E-state index in [2.05, 4.69) is 0 Å². The van der Waals surface area contributed by atoms with Gasteiger partial charge in [-0.1, -0.05) is 12.1 Å². The van der Waals surface area contributed by atoms with Crippen LogP contribution in [0, 0.1) is 11.3 Å². The van der Waals surface area contributed by atoms with Crippen LogP contribution in [0.4, 0.5) is 0 Å². The summed E-state index contributed by atoms with van der Waals surface area (Å²) in [6.45, 7) is -0.294. The molecule has 2 N–H and O–H groups in total. The minimum Gasteiger partial charge on any atom is -0.394 e. The van der Waals surface area contributed by atoms with Crippen LogP contribution in [0.3, 0.4) is 0 Å². The fourth-order valence-electron chi connectivity index (χ4n) is 1.15. The molecule has 0 aliphatic carbocycles. The second-order valence-corrected chi connectivity index (χ2v) is 4.49. The molecular formula is C12H13NO3S. The van der Waals surface area contributed by atoms with E-state index in [-0.39, 0.29) is 18.1 Å². The normalized spacial score (nSPS) is 11.8. The zero-order chi connectivity index (χ0) is 12.7. The summed E-state index contributed by atoms with van der Waals surface area (Å²) in [5, 5.41) is 26.3. The van der Waals surface area contributed by atoms with Gasteiger partial charge in [0.15, 0.2) is 5.78 Å². The van der Waals surface area contributed by atoms with E-state index in [1.54, 1.807) is 24.3 Å². The van der Waals surface area contributed by atoms with Crippen LogP contribution in [0.5, 0.6) is 0 Å². The van der Waals surface area contributed by atoms with Crippen molar-refractivity contribution in [3.63, 3.8) is 0 Å². The van der Waals surface area contributed by atoms with Gasteiger partial charge in [-0.05, 0) is 12.1 Å². The van der Waals surface area contributed by atoms with Gasteiger partial charge in [-0.2, -0.15) is 17.0 Å². The number of Topliss-reactive ketones (excluding diaryl/α,β-unsaturated/α-hetero) is 1. The first-order valence-corrected chi connectivity index (χ1v) is 6.23. The van der Waals surface area contributed by atoms with Crippen LogP contribution in [-0.4, -0.2) is 40.2 Å². The van der Waals surface area contributed by atoms with E-state index in [9.17, 15) is 4.79 Å². The number of carbonyl (C=O) groups excluding carboxylic acids is 1. The quantitative estimate of drug-likeness (QED) is 0.732. The number of hydrogen-bond donors (Lipinski definition) is 2. The second-order valence-electron chi connectivity index (χ2n) is 3.46. The minimum atomic E-state index is -0.784. The number of rotatable bonds is 6. The highest BCUT2D eigenvalue weighted by Crippen LogP contribution is 2.10. The molecule has 0 saturated heterocycles. The summed E-state index contributed by atoms with van der Waals surface area (Å²) in [6, 6.07) is 8.41. The van der Waals surface area contributed by atoms with Gasteiger partial charge < -0.3 is 10.2 Å². The third-order valence-corrected chi connectivity index (χ3v) is 3.18. The molecule has 1 unspecified atom stereocenters. The maximum Gasteiger partial charge on any atom is 0.172 e. The molecule has 0 aliphatic rings. The van der Waals surface area contributed by atoms with Gasteiger partial charge in [0.25, 0.3) is 0 Å². The Kier molecular flexibility index (Phi) is 5.70. The van der Waals surface area contributed by atoms with Crippen molar-refractivity contribution in [1.82, 2.24) is 0 Å². The monoisotopic (exact) mass is 251 g/mol. The summed E-state index contributed by atoms with van der Waals surface area (Å²) in [5.74, 6) is 0.534. The number of carbonyl (C=O) groups is 1. The number of benzene rings is 1. The molecular weight excluding hydrogens is 238 g/mol. The predicted octanol–water partition coefficient (Wildman–Crippen LogP) is 0.827. The van der Waals surface area contributed by atoms with Crippen molar-refractivity contribution in [1.29, 1.82) is 5.26 Å². The standard InChI is InChI=1S/C12H13NO3S/c13-5-9-1-3-10(4-2-9)12(16)8-17-7-11(15)6-14/h1-4,11,14-15H,6-8H2. The van der Waals surface area contributed by atoms with E-state index in [0.29, 0.717) is 16.9 Å². The van der Waals surface area contributed by atoms with Gasteiger partial charge in [0, 0.05) is 11.3 Å². The Morgan fingerprint density at radius 2 is 2.06 bits per heavy atom. The van der Waals surface area contributed by atoms with Crippen LogP contribution in [0.25, 0.3) is 0 Å². The zero-order valence-corrected chi connectivity index (χ0v) is 9.98. The van der Waals surface area contributed by atoms with Crippen molar-refractivity contribution in [2.45, 2.75) is 6.10 Å². The van der Waals surface area contributed by atoms with Crippen molar-refractivity contribution in [2.24, 2.45) is 0 Å². The molecule has 1 aromatic rings. The number of nitrogens with zero attached hydrogens (tertiary/aromatic N) is 1. The highest BCUT2D eigenvalue weighted by atomic mass is 32.2. The third-order valence-electron chi connectivity index (χ3n) is 2.09. The summed E-state index contributed by atoms with van der Waals surface area (Å²) in [6.07, 6.45) is -0.784. The minimum absolute atomic E-state index is 0.0513. The van der Waals surface area contributed by atoms with E-state index >= 15 is 0 Å². The largest absolute Gasteiger partial charge is 0.394 e. The molecule has 0 radical (unpaired) electrons. The number of nitriles is 1. The van der Waals surface area contributed by atoms with Gasteiger partial charge in [-0.25, -0.2) is 0 Å². The Bertz CT molecular complexity index is 411. The Morgan fingerprint density at radius 3 is 2.59 bits per heavy atom. The van der Waals surface area contributed by atoms with Gasteiger partial charge in [-0.15, -0.1) is 0 Å². The molecule has 0 amide bonds. The Balaban J connectivity index is 2.44. The lowest BCUT2D eigenvalue weighted by atomic mass is 10.1. The van der Waals surface area contributed by atoms with Gasteiger partial charge in [0.05, 0.1) is 30.1 Å². The maximum atomic E-state index is 11.7. The molecule has 5 heteroatoms. The summed E-state index contributed by atoms with van der Waals surface area (Å²) in [4.78, 5) is 11.7. The lowest BCUT2D eigenvalue weighted by Crippen LogP contribution is -2.16. The molecule has 0 aromatic heterocycles. The Labute approximate surface area is 104 Å². The number of hydrogen-bond acceptors (Lipinski definition) is 5. The van der Waals surface area contributed by atoms with E-state index in [1.165, 1.54) is 11.8 Å². The molecule has 0 heterocycles. The fraction of sp³-hybridized carbons (Fsp3) is 0.333. The average Bonchev–Trinajstić information content (AvgIpc) is 2.38. The topological polar surface area (TPSA) is 81.3 Å². The first-order chi connectivity index (χ1) is 8.17. The summed E-state index contributed by atoms with van der Waals surface area (Å²) >= 11 is 1.27. The van der Waals surface area contributed by atoms with Crippen molar-refractivity contribution in [3.8, 4) is 6.07 Å². The van der Waals surface area contributed by atoms with Crippen molar-refractivity contribution in [3.05, 3.63) is 35.4 Å². The zero-order valence-electron chi connectivity index (χ0n) is 9.17. The van der Waals surface area contributed by atoms with Gasteiger partial charge >= 0.3 is 0 Å². The lowest BCUT2D eigenvalue weighted by Gasteiger charge is -2.05. The SMILES string of the molecule is N#Cc1ccc(C(=O)CSCC(O)CO)cc1. The Hall–Kier alpha value is -1.35. The van der Waals surface area contributed by atoms with Crippen LogP contribution in [0.2, 0.25) is 0 Å². The molecule has 0 bridgehead atoms. The summed E-state index contributed by atoms with van der Waals surface area (Å²) in [5.41, 5.74) is 1.07. The van der Waals surface area contributed by atoms with Crippen LogP contribution in [0.15, 0.2) is 24.3 Å². The van der Waals surface area contributed by atoms with E-state index in [0.717, 1.165) is 0 Å². The van der Waals surface area contributed by atoms with Crippen LogP contribution in [-0.2, 0) is 0 Å². The van der Waals surface area contributed by atoms with Crippen molar-refractivity contribution < 1.29 is 15.0 Å². The van der Waals surface area contributed by atoms with Crippen LogP contribution < -0.4 is 0 Å². The number of ketones is 1. The lowest BCUT2D eigenvalue weighted by molar-refractivity contribution is 0.102. The first-order valence-electron chi connectivity index (χ1n) is 5.07. The Morgan fingerprint density at radius 1 is 1.41 bits per heavy atom. The molecule has 90 valence electrons. The molecule has 17 heavy (non-hydrogen) atoms. The number of thioether (sulfide) groups is 1. The summed E-state index contributed by atoms with van der Waals surface area (Å²) in [7, 11) is 0. The molecule has 0 aliphatic heterocycles. The van der Waals surface area contributed by atoms with Crippen molar-refractivity contribution in [2.75, 3.05) is 18.1 Å². The molecule has 4 nitrogen and oxygen atoms in total. The second kappa shape index (κ2) is 7.07. The number of aliphatic hydroxyl groups is 2. The highest BCUT2D eigenvalue weighted by Gasteiger charge is 2.08. The number of aliphatic hydroxyl groups excluding tert-OH is 2. The fourth-order valence-corrected chi connectivity index (χ4v) is 2.00. The molecule has 0 saturated carbocycles. The summed E-state index contributed by atoms with van der Waals surface area (Å²) < 4.78 is 0. The molecule has 1 aromatic carbocycles. The molecule has 0 fully saturated rings. The molecule has 1 atom stereocenters.